The van der Waals surface area contributed by atoms with Gasteiger partial charge in [0.2, 0.25) is 0 Å². The Balaban J connectivity index is 2.19. The second-order valence-electron chi connectivity index (χ2n) is 3.68. The Morgan fingerprint density at radius 2 is 2.00 bits per heavy atom. The number of rotatable bonds is 5. The standard InChI is InChI=1S/C12H10N2O4S2/c15-11(16)6-3-9-1-4-10(5-2-9)20(17,18)14-12-13-7-8-19-12/h1-8H,(H,13,14)(H,15,16)/b6-3+. The van der Waals surface area contributed by atoms with Crippen molar-refractivity contribution < 1.29 is 18.3 Å². The van der Waals surface area contributed by atoms with Gasteiger partial charge in [-0.15, -0.1) is 11.3 Å². The number of nitrogens with zero attached hydrogens (tertiary/aromatic N) is 1. The summed E-state index contributed by atoms with van der Waals surface area (Å²) in [6.07, 6.45) is 3.87. The molecule has 0 amide bonds. The van der Waals surface area contributed by atoms with Crippen LogP contribution >= 0.6 is 11.3 Å². The van der Waals surface area contributed by atoms with Crippen LogP contribution < -0.4 is 4.72 Å². The lowest BCUT2D eigenvalue weighted by atomic mass is 10.2. The molecule has 6 nitrogen and oxygen atoms in total. The minimum atomic E-state index is -3.67. The lowest BCUT2D eigenvalue weighted by molar-refractivity contribution is -0.131. The van der Waals surface area contributed by atoms with Crippen LogP contribution in [0.2, 0.25) is 0 Å². The number of hydrogen-bond donors (Lipinski definition) is 2. The Labute approximate surface area is 119 Å². The van der Waals surface area contributed by atoms with Crippen LogP contribution in [0.15, 0.2) is 46.8 Å². The van der Waals surface area contributed by atoms with Gasteiger partial charge in [0.25, 0.3) is 10.0 Å². The fourth-order valence-electron chi connectivity index (χ4n) is 1.37. The zero-order valence-corrected chi connectivity index (χ0v) is 11.7. The molecule has 0 bridgehead atoms. The van der Waals surface area contributed by atoms with E-state index in [1.165, 1.54) is 47.9 Å². The minimum Gasteiger partial charge on any atom is -0.478 e. The van der Waals surface area contributed by atoms with E-state index in [0.29, 0.717) is 10.7 Å². The van der Waals surface area contributed by atoms with Gasteiger partial charge in [-0.2, -0.15) is 0 Å². The van der Waals surface area contributed by atoms with Gasteiger partial charge in [-0.05, 0) is 23.8 Å². The first kappa shape index (κ1) is 14.2. The Hall–Kier alpha value is -2.19. The number of nitrogens with one attached hydrogen (secondary N) is 1. The van der Waals surface area contributed by atoms with Crippen molar-refractivity contribution in [3.05, 3.63) is 47.5 Å². The molecule has 0 spiro atoms. The monoisotopic (exact) mass is 310 g/mol. The van der Waals surface area contributed by atoms with Gasteiger partial charge in [-0.25, -0.2) is 18.2 Å². The van der Waals surface area contributed by atoms with Crippen molar-refractivity contribution in [1.29, 1.82) is 0 Å². The maximum atomic E-state index is 12.0. The quantitative estimate of drug-likeness (QED) is 0.824. The van der Waals surface area contributed by atoms with Crippen LogP contribution in [0, 0.1) is 0 Å². The van der Waals surface area contributed by atoms with Gasteiger partial charge in [0.15, 0.2) is 5.13 Å². The molecule has 104 valence electrons. The highest BCUT2D eigenvalue weighted by atomic mass is 32.2. The summed E-state index contributed by atoms with van der Waals surface area (Å²) in [5, 5.41) is 10.5. The smallest absolute Gasteiger partial charge is 0.328 e. The fraction of sp³-hybridized carbons (Fsp3) is 0. The molecule has 1 heterocycles. The van der Waals surface area contributed by atoms with Gasteiger partial charge in [0.1, 0.15) is 0 Å². The van der Waals surface area contributed by atoms with Crippen molar-refractivity contribution >= 4 is 38.5 Å². The number of hydrogen-bond acceptors (Lipinski definition) is 5. The highest BCUT2D eigenvalue weighted by Crippen LogP contribution is 2.18. The minimum absolute atomic E-state index is 0.0835. The van der Waals surface area contributed by atoms with Crippen LogP contribution in [0.4, 0.5) is 5.13 Å². The average molecular weight is 310 g/mol. The first-order valence-electron chi connectivity index (χ1n) is 5.41. The largest absolute Gasteiger partial charge is 0.478 e. The molecule has 1 aromatic heterocycles. The average Bonchev–Trinajstić information content (AvgIpc) is 2.89. The van der Waals surface area contributed by atoms with Crippen molar-refractivity contribution in [2.75, 3.05) is 4.72 Å². The second-order valence-corrected chi connectivity index (χ2v) is 6.26. The molecule has 0 radical (unpaired) electrons. The SMILES string of the molecule is O=C(O)/C=C/c1ccc(S(=O)(=O)Nc2nccs2)cc1. The van der Waals surface area contributed by atoms with Gasteiger partial charge in [0.05, 0.1) is 4.90 Å². The van der Waals surface area contributed by atoms with Crippen LogP contribution in [0.25, 0.3) is 6.08 Å². The molecule has 0 fully saturated rings. The lowest BCUT2D eigenvalue weighted by Crippen LogP contribution is -2.12. The van der Waals surface area contributed by atoms with E-state index >= 15 is 0 Å². The topological polar surface area (TPSA) is 96.4 Å². The zero-order chi connectivity index (χ0) is 14.6. The maximum Gasteiger partial charge on any atom is 0.328 e. The van der Waals surface area contributed by atoms with Crippen LogP contribution in [-0.4, -0.2) is 24.5 Å². The van der Waals surface area contributed by atoms with E-state index in [1.54, 1.807) is 5.38 Å². The fourth-order valence-corrected chi connectivity index (χ4v) is 3.16. The summed E-state index contributed by atoms with van der Waals surface area (Å²) < 4.78 is 26.4. The van der Waals surface area contributed by atoms with Crippen LogP contribution in [-0.2, 0) is 14.8 Å². The van der Waals surface area contributed by atoms with Gasteiger partial charge in [0, 0.05) is 17.7 Å². The maximum absolute atomic E-state index is 12.0. The van der Waals surface area contributed by atoms with Gasteiger partial charge in [-0.3, -0.25) is 4.72 Å². The summed E-state index contributed by atoms with van der Waals surface area (Å²) in [6.45, 7) is 0. The predicted molar refractivity (Wildman–Crippen MR) is 76.0 cm³/mol. The number of carboxylic acids is 1. The molecule has 8 heteroatoms. The molecule has 1 aromatic carbocycles. The van der Waals surface area contributed by atoms with E-state index in [4.69, 9.17) is 5.11 Å². The van der Waals surface area contributed by atoms with E-state index in [2.05, 4.69) is 9.71 Å². The van der Waals surface area contributed by atoms with Crippen LogP contribution in [0.5, 0.6) is 0 Å². The van der Waals surface area contributed by atoms with Gasteiger partial charge >= 0.3 is 5.97 Å². The normalized spacial score (nSPS) is 11.6. The summed E-state index contributed by atoms with van der Waals surface area (Å²) in [4.78, 5) is 14.3. The molecule has 0 unspecified atom stereocenters. The molecule has 2 aromatic rings. The highest BCUT2D eigenvalue weighted by molar-refractivity contribution is 7.93. The number of benzene rings is 1. The molecule has 0 aliphatic rings. The summed E-state index contributed by atoms with van der Waals surface area (Å²) in [7, 11) is -3.67. The number of carbonyl (C=O) groups is 1. The second kappa shape index (κ2) is 5.85. The molecule has 2 N–H and O–H groups in total. The van der Waals surface area contributed by atoms with Crippen molar-refractivity contribution in [2.24, 2.45) is 0 Å². The molecule has 2 rings (SSSR count). The number of carboxylic acid groups (broad SMARTS) is 1. The molecule has 0 aliphatic carbocycles. The molecule has 0 atom stereocenters. The van der Waals surface area contributed by atoms with Gasteiger partial charge in [-0.1, -0.05) is 12.1 Å². The highest BCUT2D eigenvalue weighted by Gasteiger charge is 2.14. The molecular weight excluding hydrogens is 300 g/mol. The first-order valence-corrected chi connectivity index (χ1v) is 7.77. The summed E-state index contributed by atoms with van der Waals surface area (Å²) in [5.41, 5.74) is 0.598. The third-order valence-electron chi connectivity index (χ3n) is 2.26. The van der Waals surface area contributed by atoms with E-state index in [1.807, 2.05) is 0 Å². The molecule has 20 heavy (non-hydrogen) atoms. The molecule has 0 aliphatic heterocycles. The Morgan fingerprint density at radius 1 is 1.30 bits per heavy atom. The van der Waals surface area contributed by atoms with E-state index in [0.717, 1.165) is 6.08 Å². The predicted octanol–water partition coefficient (Wildman–Crippen LogP) is 2.04. The van der Waals surface area contributed by atoms with Crippen LogP contribution in [0.3, 0.4) is 0 Å². The first-order chi connectivity index (χ1) is 9.47. The van der Waals surface area contributed by atoms with Crippen molar-refractivity contribution in [3.63, 3.8) is 0 Å². The van der Waals surface area contributed by atoms with Gasteiger partial charge < -0.3 is 5.11 Å². The van der Waals surface area contributed by atoms with E-state index < -0.39 is 16.0 Å². The molecule has 0 saturated carbocycles. The van der Waals surface area contributed by atoms with Crippen molar-refractivity contribution in [3.8, 4) is 0 Å². The van der Waals surface area contributed by atoms with Crippen LogP contribution in [0.1, 0.15) is 5.56 Å². The van der Waals surface area contributed by atoms with E-state index in [9.17, 15) is 13.2 Å². The third-order valence-corrected chi connectivity index (χ3v) is 4.44. The Morgan fingerprint density at radius 3 is 2.55 bits per heavy atom. The molecule has 0 saturated heterocycles. The third kappa shape index (κ3) is 3.65. The number of aromatic nitrogens is 1. The number of thiazole rings is 1. The van der Waals surface area contributed by atoms with Crippen molar-refractivity contribution in [2.45, 2.75) is 4.90 Å². The lowest BCUT2D eigenvalue weighted by Gasteiger charge is -2.05. The summed E-state index contributed by atoms with van der Waals surface area (Å²) in [5.74, 6) is -1.06. The van der Waals surface area contributed by atoms with Crippen molar-refractivity contribution in [1.82, 2.24) is 4.98 Å². The Kier molecular flexibility index (Phi) is 4.16. The summed E-state index contributed by atoms with van der Waals surface area (Å²) in [6, 6.07) is 5.85. The number of sulfonamides is 1. The zero-order valence-electron chi connectivity index (χ0n) is 10.1. The number of aliphatic carboxylic acids is 1. The summed E-state index contributed by atoms with van der Waals surface area (Å²) >= 11 is 1.18. The molecular formula is C12H10N2O4S2. The Bertz CT molecular complexity index is 719. The van der Waals surface area contributed by atoms with E-state index in [-0.39, 0.29) is 4.90 Å². The number of anilines is 1.